The number of nitrogens with one attached hydrogen (secondary N) is 1. The van der Waals surface area contributed by atoms with Crippen LogP contribution >= 0.6 is 0 Å². The Morgan fingerprint density at radius 2 is 1.97 bits per heavy atom. The van der Waals surface area contributed by atoms with Gasteiger partial charge in [-0.3, -0.25) is 14.6 Å². The number of pyridine rings is 1. The highest BCUT2D eigenvalue weighted by Gasteiger charge is 2.48. The number of aryl methyl sites for hydroxylation is 1. The van der Waals surface area contributed by atoms with Crippen molar-refractivity contribution in [2.45, 2.75) is 31.0 Å². The van der Waals surface area contributed by atoms with Crippen LogP contribution in [-0.2, 0) is 24.4 Å². The number of hydrogen-bond acceptors (Lipinski definition) is 6. The van der Waals surface area contributed by atoms with E-state index in [0.29, 0.717) is 21.7 Å². The van der Waals surface area contributed by atoms with Crippen molar-refractivity contribution in [1.82, 2.24) is 19.4 Å². The first-order chi connectivity index (χ1) is 16.2. The molecule has 1 atom stereocenters. The molecule has 1 saturated heterocycles. The fraction of sp³-hybridized carbons (Fsp3) is 0.450. The van der Waals surface area contributed by atoms with Crippen molar-refractivity contribution >= 4 is 23.4 Å². The number of primary amides is 1. The molecule has 1 aliphatic rings. The van der Waals surface area contributed by atoms with E-state index < -0.39 is 53.4 Å². The molecule has 3 rings (SSSR count). The van der Waals surface area contributed by atoms with Crippen molar-refractivity contribution < 1.29 is 31.5 Å². The number of urea groups is 1. The van der Waals surface area contributed by atoms with Crippen LogP contribution in [0, 0.1) is 0 Å². The summed E-state index contributed by atoms with van der Waals surface area (Å²) in [7, 11) is 2.14. The molecular formula is C20H22F5N7O3. The molecule has 1 fully saturated rings. The predicted molar refractivity (Wildman–Crippen MR) is 114 cm³/mol. The Kier molecular flexibility index (Phi) is 6.98. The largest absolute Gasteiger partial charge is 0.417 e. The van der Waals surface area contributed by atoms with Gasteiger partial charge >= 0.3 is 12.2 Å². The van der Waals surface area contributed by atoms with E-state index in [4.69, 9.17) is 5.73 Å². The number of nitrogens with zero attached hydrogens (tertiary/aromatic N) is 5. The number of amides is 3. The Balaban J connectivity index is 1.72. The summed E-state index contributed by atoms with van der Waals surface area (Å²) >= 11 is 0. The first-order valence-corrected chi connectivity index (χ1v) is 10.2. The Bertz CT molecular complexity index is 1170. The van der Waals surface area contributed by atoms with Crippen molar-refractivity contribution in [3.63, 3.8) is 0 Å². The molecule has 0 aromatic carbocycles. The predicted octanol–water partition coefficient (Wildman–Crippen LogP) is 1.60. The Labute approximate surface area is 195 Å². The zero-order valence-electron chi connectivity index (χ0n) is 18.6. The van der Waals surface area contributed by atoms with Gasteiger partial charge in [0.05, 0.1) is 36.6 Å². The van der Waals surface area contributed by atoms with Crippen molar-refractivity contribution in [3.05, 3.63) is 46.3 Å². The summed E-state index contributed by atoms with van der Waals surface area (Å²) in [6, 6.07) is -2.30. The van der Waals surface area contributed by atoms with E-state index >= 15 is 0 Å². The smallest absolute Gasteiger partial charge is 0.369 e. The SMILES string of the molecule is CN(C(=O)Nc1cc(C(F)(F)F)cn(C)c1=O)C1CCN(c2cnc(CC(N)=O)cn2)CC1(F)F. The van der Waals surface area contributed by atoms with Crippen molar-refractivity contribution in [2.75, 3.05) is 30.4 Å². The summed E-state index contributed by atoms with van der Waals surface area (Å²) in [5.41, 5.74) is 2.55. The van der Waals surface area contributed by atoms with Gasteiger partial charge in [-0.15, -0.1) is 0 Å². The Morgan fingerprint density at radius 1 is 1.29 bits per heavy atom. The van der Waals surface area contributed by atoms with Gasteiger partial charge < -0.3 is 25.4 Å². The van der Waals surface area contributed by atoms with E-state index in [1.165, 1.54) is 17.3 Å². The molecule has 2 aromatic heterocycles. The number of halogens is 5. The number of carbonyl (C=O) groups is 2. The van der Waals surface area contributed by atoms with Gasteiger partial charge in [0.2, 0.25) is 5.91 Å². The summed E-state index contributed by atoms with van der Waals surface area (Å²) in [5.74, 6) is -3.92. The van der Waals surface area contributed by atoms with Crippen molar-refractivity contribution in [1.29, 1.82) is 0 Å². The molecule has 3 amide bonds. The number of aromatic nitrogens is 3. The normalized spacial score (nSPS) is 17.7. The molecule has 10 nitrogen and oxygen atoms in total. The molecular weight excluding hydrogens is 481 g/mol. The third kappa shape index (κ3) is 5.84. The van der Waals surface area contributed by atoms with Gasteiger partial charge in [-0.25, -0.2) is 18.6 Å². The van der Waals surface area contributed by atoms with Crippen LogP contribution in [0.15, 0.2) is 29.5 Å². The maximum atomic E-state index is 15.0. The zero-order chi connectivity index (χ0) is 26.1. The second-order valence-corrected chi connectivity index (χ2v) is 8.09. The van der Waals surface area contributed by atoms with Gasteiger partial charge in [0.1, 0.15) is 17.5 Å². The summed E-state index contributed by atoms with van der Waals surface area (Å²) < 4.78 is 69.8. The lowest BCUT2D eigenvalue weighted by Gasteiger charge is -2.42. The topological polar surface area (TPSA) is 126 Å². The lowest BCUT2D eigenvalue weighted by molar-refractivity contribution is -0.138. The van der Waals surface area contributed by atoms with Gasteiger partial charge in [-0.05, 0) is 12.5 Å². The molecule has 3 N–H and O–H groups in total. The van der Waals surface area contributed by atoms with E-state index in [2.05, 4.69) is 9.97 Å². The van der Waals surface area contributed by atoms with E-state index in [1.807, 2.05) is 5.32 Å². The van der Waals surface area contributed by atoms with E-state index in [1.54, 1.807) is 0 Å². The molecule has 0 spiro atoms. The van der Waals surface area contributed by atoms with Crippen LogP contribution in [0.4, 0.5) is 38.3 Å². The highest BCUT2D eigenvalue weighted by atomic mass is 19.4. The summed E-state index contributed by atoms with van der Waals surface area (Å²) in [4.78, 5) is 45.6. The highest BCUT2D eigenvalue weighted by molar-refractivity contribution is 5.89. The number of hydrogen-bond donors (Lipinski definition) is 2. The molecule has 0 aliphatic carbocycles. The third-order valence-corrected chi connectivity index (χ3v) is 5.47. The minimum absolute atomic E-state index is 0.0625. The first-order valence-electron chi connectivity index (χ1n) is 10.2. The van der Waals surface area contributed by atoms with Crippen LogP contribution in [0.25, 0.3) is 0 Å². The van der Waals surface area contributed by atoms with E-state index in [-0.39, 0.29) is 30.9 Å². The number of carbonyl (C=O) groups excluding carboxylic acids is 2. The average molecular weight is 503 g/mol. The zero-order valence-corrected chi connectivity index (χ0v) is 18.6. The second-order valence-electron chi connectivity index (χ2n) is 8.09. The molecule has 1 unspecified atom stereocenters. The van der Waals surface area contributed by atoms with Crippen LogP contribution in [0.1, 0.15) is 17.7 Å². The van der Waals surface area contributed by atoms with Crippen molar-refractivity contribution in [3.8, 4) is 0 Å². The lowest BCUT2D eigenvalue weighted by Crippen LogP contribution is -2.59. The van der Waals surface area contributed by atoms with Crippen LogP contribution in [0.5, 0.6) is 0 Å². The molecule has 0 bridgehead atoms. The number of piperidine rings is 1. The molecule has 35 heavy (non-hydrogen) atoms. The molecule has 2 aromatic rings. The minimum Gasteiger partial charge on any atom is -0.369 e. The number of alkyl halides is 5. The highest BCUT2D eigenvalue weighted by Crippen LogP contribution is 2.33. The monoisotopic (exact) mass is 503 g/mol. The molecule has 0 radical (unpaired) electrons. The fourth-order valence-corrected chi connectivity index (χ4v) is 3.68. The minimum atomic E-state index is -4.78. The average Bonchev–Trinajstić information content (AvgIpc) is 2.75. The van der Waals surface area contributed by atoms with Gasteiger partial charge in [0, 0.05) is 26.8 Å². The molecule has 0 saturated carbocycles. The van der Waals surface area contributed by atoms with E-state index in [0.717, 1.165) is 14.1 Å². The first kappa shape index (κ1) is 25.8. The maximum Gasteiger partial charge on any atom is 0.417 e. The molecule has 190 valence electrons. The quantitative estimate of drug-likeness (QED) is 0.597. The van der Waals surface area contributed by atoms with Gasteiger partial charge in [-0.2, -0.15) is 13.2 Å². The number of anilines is 2. The lowest BCUT2D eigenvalue weighted by atomic mass is 9.99. The fourth-order valence-electron chi connectivity index (χ4n) is 3.68. The van der Waals surface area contributed by atoms with E-state index in [9.17, 15) is 36.3 Å². The molecule has 3 heterocycles. The van der Waals surface area contributed by atoms with Gasteiger partial charge in [0.25, 0.3) is 11.5 Å². The Morgan fingerprint density at radius 3 is 2.51 bits per heavy atom. The van der Waals surface area contributed by atoms with Gasteiger partial charge in [-0.1, -0.05) is 0 Å². The van der Waals surface area contributed by atoms with Crippen LogP contribution < -0.4 is 21.5 Å². The number of nitrogens with two attached hydrogens (primary N) is 1. The standard InChI is InChI=1S/C20H22F5N7O3/c1-30-9-11(20(23,24)25)5-13(17(30)34)29-18(35)31(2)14-3-4-32(10-19(14,21)22)16-8-27-12(7-28-16)6-15(26)33/h5,7-9,14H,3-4,6,10H2,1-2H3,(H2,26,33)(H,29,35). The Hall–Kier alpha value is -3.78. The van der Waals surface area contributed by atoms with Crippen LogP contribution in [0.2, 0.25) is 0 Å². The van der Waals surface area contributed by atoms with Crippen LogP contribution in [-0.4, -0.2) is 63.5 Å². The second kappa shape index (κ2) is 9.46. The molecule has 15 heteroatoms. The summed E-state index contributed by atoms with van der Waals surface area (Å²) in [6.07, 6.45) is -2.09. The van der Waals surface area contributed by atoms with Gasteiger partial charge in [0.15, 0.2) is 0 Å². The maximum absolute atomic E-state index is 15.0. The molecule has 1 aliphatic heterocycles. The summed E-state index contributed by atoms with van der Waals surface area (Å²) in [5, 5.41) is 2.01. The van der Waals surface area contributed by atoms with Crippen molar-refractivity contribution in [2.24, 2.45) is 12.8 Å². The third-order valence-electron chi connectivity index (χ3n) is 5.47. The summed E-state index contributed by atoms with van der Waals surface area (Å²) in [6.45, 7) is -0.752. The number of rotatable bonds is 5. The van der Waals surface area contributed by atoms with Crippen LogP contribution in [0.3, 0.4) is 0 Å².